The Bertz CT molecular complexity index is 521. The van der Waals surface area contributed by atoms with Crippen molar-refractivity contribution in [3.05, 3.63) is 33.8 Å². The first-order valence-corrected chi connectivity index (χ1v) is 5.90. The molecule has 0 aromatic heterocycles. The van der Waals surface area contributed by atoms with E-state index in [1.807, 2.05) is 0 Å². The maximum absolute atomic E-state index is 11.5. The lowest BCUT2D eigenvalue weighted by molar-refractivity contribution is -0.171. The van der Waals surface area contributed by atoms with Crippen molar-refractivity contribution in [1.29, 1.82) is 0 Å². The van der Waals surface area contributed by atoms with Crippen molar-refractivity contribution in [3.8, 4) is 0 Å². The summed E-state index contributed by atoms with van der Waals surface area (Å²) >= 11 is 11.8. The highest BCUT2D eigenvalue weighted by Gasteiger charge is 2.40. The van der Waals surface area contributed by atoms with Crippen LogP contribution in [-0.2, 0) is 9.59 Å². The summed E-state index contributed by atoms with van der Waals surface area (Å²) in [7, 11) is 0. The molecule has 7 heteroatoms. The minimum Gasteiger partial charge on any atom is -0.307 e. The van der Waals surface area contributed by atoms with Crippen LogP contribution in [0, 0.1) is 0 Å². The summed E-state index contributed by atoms with van der Waals surface area (Å²) in [6, 6.07) is 4.65. The Balaban J connectivity index is 2.46. The second kappa shape index (κ2) is 4.76. The standard InChI is InChI=1S/C11H10Cl2N2O3/c1-6(16)14-5-10(17)15(18)11(14)8-3-2-7(12)4-9(8)13/h2-4,11,18H,5H2,1H3/t11-/m1/s1. The van der Waals surface area contributed by atoms with Gasteiger partial charge in [0.1, 0.15) is 6.54 Å². The van der Waals surface area contributed by atoms with Gasteiger partial charge in [0.2, 0.25) is 5.91 Å². The van der Waals surface area contributed by atoms with Crippen LogP contribution in [0.2, 0.25) is 10.0 Å². The maximum atomic E-state index is 11.5. The van der Waals surface area contributed by atoms with Gasteiger partial charge in [0.25, 0.3) is 5.91 Å². The first kappa shape index (κ1) is 13.1. The van der Waals surface area contributed by atoms with Crippen LogP contribution in [0.15, 0.2) is 18.2 Å². The van der Waals surface area contributed by atoms with Gasteiger partial charge in [-0.05, 0) is 12.1 Å². The predicted molar refractivity (Wildman–Crippen MR) is 65.2 cm³/mol. The highest BCUT2D eigenvalue weighted by molar-refractivity contribution is 6.35. The molecule has 1 heterocycles. The number of amides is 2. The van der Waals surface area contributed by atoms with Crippen LogP contribution in [0.3, 0.4) is 0 Å². The van der Waals surface area contributed by atoms with Crippen LogP contribution in [0.25, 0.3) is 0 Å². The summed E-state index contributed by atoms with van der Waals surface area (Å²) in [5.74, 6) is -0.878. The highest BCUT2D eigenvalue weighted by Crippen LogP contribution is 2.34. The SMILES string of the molecule is CC(=O)N1CC(=O)N(O)[C@@H]1c1ccc(Cl)cc1Cl. The van der Waals surface area contributed by atoms with Gasteiger partial charge >= 0.3 is 0 Å². The van der Waals surface area contributed by atoms with Gasteiger partial charge in [0.05, 0.1) is 0 Å². The van der Waals surface area contributed by atoms with E-state index in [0.29, 0.717) is 15.6 Å². The van der Waals surface area contributed by atoms with E-state index in [9.17, 15) is 14.8 Å². The Morgan fingerprint density at radius 1 is 1.44 bits per heavy atom. The number of carbonyl (C=O) groups is 2. The minimum atomic E-state index is -0.903. The number of benzene rings is 1. The molecule has 96 valence electrons. The largest absolute Gasteiger partial charge is 0.307 e. The van der Waals surface area contributed by atoms with Gasteiger partial charge in [0, 0.05) is 22.5 Å². The van der Waals surface area contributed by atoms with E-state index in [4.69, 9.17) is 23.2 Å². The Morgan fingerprint density at radius 3 is 2.67 bits per heavy atom. The summed E-state index contributed by atoms with van der Waals surface area (Å²) in [5.41, 5.74) is 0.449. The molecule has 1 N–H and O–H groups in total. The third-order valence-corrected chi connectivity index (χ3v) is 3.30. The summed E-state index contributed by atoms with van der Waals surface area (Å²) in [4.78, 5) is 24.2. The molecule has 0 bridgehead atoms. The summed E-state index contributed by atoms with van der Waals surface area (Å²) < 4.78 is 0. The van der Waals surface area contributed by atoms with Crippen molar-refractivity contribution in [3.63, 3.8) is 0 Å². The van der Waals surface area contributed by atoms with Gasteiger partial charge in [-0.2, -0.15) is 5.06 Å². The van der Waals surface area contributed by atoms with Crippen LogP contribution < -0.4 is 0 Å². The van der Waals surface area contributed by atoms with Crippen molar-refractivity contribution in [2.45, 2.75) is 13.1 Å². The number of rotatable bonds is 1. The molecule has 1 fully saturated rings. The zero-order chi connectivity index (χ0) is 13.4. The molecule has 0 unspecified atom stereocenters. The molecule has 18 heavy (non-hydrogen) atoms. The molecule has 2 amide bonds. The summed E-state index contributed by atoms with van der Waals surface area (Å²) in [5, 5.41) is 11.0. The molecule has 1 saturated heterocycles. The number of carbonyl (C=O) groups excluding carboxylic acids is 2. The fourth-order valence-corrected chi connectivity index (χ4v) is 2.37. The average molecular weight is 289 g/mol. The minimum absolute atomic E-state index is 0.171. The third-order valence-electron chi connectivity index (χ3n) is 2.73. The molecule has 0 aliphatic carbocycles. The number of hydrogen-bond donors (Lipinski definition) is 1. The van der Waals surface area contributed by atoms with Crippen LogP contribution in [-0.4, -0.2) is 33.5 Å². The van der Waals surface area contributed by atoms with Crippen LogP contribution in [0.1, 0.15) is 18.7 Å². The Kier molecular flexibility index (Phi) is 3.47. The Hall–Kier alpha value is -1.30. The highest BCUT2D eigenvalue weighted by atomic mass is 35.5. The van der Waals surface area contributed by atoms with Gasteiger partial charge in [-0.1, -0.05) is 29.3 Å². The van der Waals surface area contributed by atoms with Gasteiger partial charge in [-0.15, -0.1) is 0 Å². The van der Waals surface area contributed by atoms with E-state index < -0.39 is 12.1 Å². The van der Waals surface area contributed by atoms with Gasteiger partial charge in [-0.3, -0.25) is 14.8 Å². The average Bonchev–Trinajstić information content (AvgIpc) is 2.57. The molecule has 1 aromatic carbocycles. The topological polar surface area (TPSA) is 60.9 Å². The normalized spacial score (nSPS) is 19.6. The van der Waals surface area contributed by atoms with Crippen LogP contribution >= 0.6 is 23.2 Å². The molecule has 5 nitrogen and oxygen atoms in total. The second-order valence-electron chi connectivity index (χ2n) is 3.92. The van der Waals surface area contributed by atoms with Crippen molar-refractivity contribution < 1.29 is 14.8 Å². The van der Waals surface area contributed by atoms with Crippen LogP contribution in [0.5, 0.6) is 0 Å². The van der Waals surface area contributed by atoms with Crippen molar-refractivity contribution in [2.75, 3.05) is 6.54 Å². The van der Waals surface area contributed by atoms with E-state index in [0.717, 1.165) is 0 Å². The van der Waals surface area contributed by atoms with Crippen molar-refractivity contribution in [1.82, 2.24) is 9.96 Å². The first-order valence-electron chi connectivity index (χ1n) is 5.15. The zero-order valence-corrected chi connectivity index (χ0v) is 10.9. The van der Waals surface area contributed by atoms with E-state index in [-0.39, 0.29) is 17.5 Å². The smallest absolute Gasteiger partial charge is 0.267 e. The van der Waals surface area contributed by atoms with Gasteiger partial charge in [-0.25, -0.2) is 0 Å². The third kappa shape index (κ3) is 2.16. The second-order valence-corrected chi connectivity index (χ2v) is 4.77. The predicted octanol–water partition coefficient (Wildman–Crippen LogP) is 2.07. The monoisotopic (exact) mass is 288 g/mol. The van der Waals surface area contributed by atoms with E-state index in [1.54, 1.807) is 12.1 Å². The first-order chi connectivity index (χ1) is 8.41. The molecule has 1 atom stereocenters. The number of hydrogen-bond acceptors (Lipinski definition) is 3. The van der Waals surface area contributed by atoms with Gasteiger partial charge < -0.3 is 4.90 Å². The Morgan fingerprint density at radius 2 is 2.11 bits per heavy atom. The lowest BCUT2D eigenvalue weighted by atomic mass is 10.1. The van der Waals surface area contributed by atoms with Gasteiger partial charge in [0.15, 0.2) is 6.17 Å². The molecule has 0 saturated carbocycles. The lowest BCUT2D eigenvalue weighted by Gasteiger charge is -2.26. The molecule has 1 aliphatic rings. The Labute approximate surface area is 113 Å². The number of nitrogens with zero attached hydrogens (tertiary/aromatic N) is 2. The fourth-order valence-electron chi connectivity index (χ4n) is 1.87. The molecule has 0 spiro atoms. The molecule has 0 radical (unpaired) electrons. The molecule has 2 rings (SSSR count). The van der Waals surface area contributed by atoms with Crippen LogP contribution in [0.4, 0.5) is 0 Å². The van der Waals surface area contributed by atoms with E-state index >= 15 is 0 Å². The zero-order valence-electron chi connectivity index (χ0n) is 9.43. The summed E-state index contributed by atoms with van der Waals surface area (Å²) in [6.07, 6.45) is -0.903. The molecular formula is C11H10Cl2N2O3. The maximum Gasteiger partial charge on any atom is 0.267 e. The van der Waals surface area contributed by atoms with Crippen molar-refractivity contribution >= 4 is 35.0 Å². The lowest BCUT2D eigenvalue weighted by Crippen LogP contribution is -2.32. The van der Waals surface area contributed by atoms with E-state index in [1.165, 1.54) is 17.9 Å². The quantitative estimate of drug-likeness (QED) is 0.805. The molecular weight excluding hydrogens is 279 g/mol. The fraction of sp³-hybridized carbons (Fsp3) is 0.273. The van der Waals surface area contributed by atoms with Crippen molar-refractivity contribution in [2.24, 2.45) is 0 Å². The molecule has 1 aliphatic heterocycles. The molecule has 1 aromatic rings. The van der Waals surface area contributed by atoms with E-state index in [2.05, 4.69) is 0 Å². The number of hydroxylamine groups is 2. The summed E-state index contributed by atoms with van der Waals surface area (Å²) in [6.45, 7) is 1.15. The number of halogens is 2.